The van der Waals surface area contributed by atoms with Crippen LogP contribution >= 0.6 is 0 Å². The maximum absolute atomic E-state index is 9.91. The number of phenols is 1. The molecule has 0 saturated heterocycles. The van der Waals surface area contributed by atoms with Gasteiger partial charge in [0.05, 0.1) is 7.11 Å². The fraction of sp³-hybridized carbons (Fsp3) is 0.500. The molecule has 0 heterocycles. The number of benzene rings is 1. The van der Waals surface area contributed by atoms with Gasteiger partial charge >= 0.3 is 0 Å². The number of methoxy groups -OCH3 is 1. The van der Waals surface area contributed by atoms with Crippen LogP contribution in [0, 0.1) is 13.8 Å². The quantitative estimate of drug-likeness (QED) is 0.794. The number of ether oxygens (including phenoxy) is 1. The highest BCUT2D eigenvalue weighted by atomic mass is 16.5. The molecule has 0 amide bonds. The van der Waals surface area contributed by atoms with E-state index in [9.17, 15) is 5.11 Å². The third-order valence-corrected chi connectivity index (χ3v) is 2.69. The van der Waals surface area contributed by atoms with E-state index in [1.165, 1.54) is 0 Å². The van der Waals surface area contributed by atoms with Gasteiger partial charge < -0.3 is 15.2 Å². The van der Waals surface area contributed by atoms with Crippen LogP contribution in [0.4, 0.5) is 0 Å². The van der Waals surface area contributed by atoms with Crippen molar-refractivity contribution < 1.29 is 9.84 Å². The SMILES string of the molecule is CNCCc1cc(C)c(C)c(O)c1OC. The van der Waals surface area contributed by atoms with Crippen molar-refractivity contribution >= 4 is 0 Å². The van der Waals surface area contributed by atoms with Crippen molar-refractivity contribution in [2.24, 2.45) is 0 Å². The average Bonchev–Trinajstić information content (AvgIpc) is 2.23. The molecule has 15 heavy (non-hydrogen) atoms. The van der Waals surface area contributed by atoms with Gasteiger partial charge in [0.1, 0.15) is 0 Å². The number of nitrogens with one attached hydrogen (secondary N) is 1. The number of phenolic OH excluding ortho intramolecular Hbond substituents is 1. The Morgan fingerprint density at radius 2 is 2.07 bits per heavy atom. The molecule has 0 fully saturated rings. The van der Waals surface area contributed by atoms with Gasteiger partial charge in [0, 0.05) is 0 Å². The standard InChI is InChI=1S/C12H19NO2/c1-8-7-10(5-6-13-3)12(15-4)11(14)9(8)2/h7,13-14H,5-6H2,1-4H3. The summed E-state index contributed by atoms with van der Waals surface area (Å²) in [7, 11) is 3.50. The van der Waals surface area contributed by atoms with Crippen LogP contribution in [0.5, 0.6) is 11.5 Å². The van der Waals surface area contributed by atoms with E-state index in [1.807, 2.05) is 20.9 Å². The summed E-state index contributed by atoms with van der Waals surface area (Å²) < 4.78 is 5.23. The summed E-state index contributed by atoms with van der Waals surface area (Å²) in [5.41, 5.74) is 3.03. The second-order valence-electron chi connectivity index (χ2n) is 3.71. The minimum absolute atomic E-state index is 0.267. The molecule has 2 N–H and O–H groups in total. The molecular formula is C12H19NO2. The van der Waals surface area contributed by atoms with E-state index in [0.29, 0.717) is 5.75 Å². The lowest BCUT2D eigenvalue weighted by atomic mass is 10.0. The summed E-state index contributed by atoms with van der Waals surface area (Å²) in [6.07, 6.45) is 0.856. The molecule has 1 aromatic carbocycles. The lowest BCUT2D eigenvalue weighted by molar-refractivity contribution is 0.367. The van der Waals surface area contributed by atoms with E-state index in [1.54, 1.807) is 7.11 Å². The van der Waals surface area contributed by atoms with Crippen LogP contribution < -0.4 is 10.1 Å². The maximum Gasteiger partial charge on any atom is 0.164 e. The summed E-state index contributed by atoms with van der Waals surface area (Å²) in [5, 5.41) is 13.0. The first-order chi connectivity index (χ1) is 7.11. The molecule has 1 rings (SSSR count). The van der Waals surface area contributed by atoms with Crippen LogP contribution in [0.25, 0.3) is 0 Å². The maximum atomic E-state index is 9.91. The minimum atomic E-state index is 0.267. The van der Waals surface area contributed by atoms with Gasteiger partial charge in [0.25, 0.3) is 0 Å². The molecule has 0 aliphatic heterocycles. The molecule has 0 aliphatic carbocycles. The molecule has 0 bridgehead atoms. The smallest absolute Gasteiger partial charge is 0.164 e. The topological polar surface area (TPSA) is 41.5 Å². The zero-order chi connectivity index (χ0) is 11.4. The highest BCUT2D eigenvalue weighted by Gasteiger charge is 2.12. The van der Waals surface area contributed by atoms with Crippen LogP contribution in [-0.4, -0.2) is 25.8 Å². The molecule has 1 aromatic rings. The Morgan fingerprint density at radius 3 is 2.60 bits per heavy atom. The average molecular weight is 209 g/mol. The van der Waals surface area contributed by atoms with Crippen molar-refractivity contribution in [1.29, 1.82) is 0 Å². The molecule has 0 spiro atoms. The molecule has 0 atom stereocenters. The Hall–Kier alpha value is -1.22. The number of aryl methyl sites for hydroxylation is 1. The van der Waals surface area contributed by atoms with Crippen LogP contribution in [0.3, 0.4) is 0 Å². The minimum Gasteiger partial charge on any atom is -0.504 e. The van der Waals surface area contributed by atoms with Crippen molar-refractivity contribution in [3.05, 3.63) is 22.8 Å². The predicted molar refractivity (Wildman–Crippen MR) is 61.8 cm³/mol. The van der Waals surface area contributed by atoms with Crippen LogP contribution in [0.15, 0.2) is 6.07 Å². The van der Waals surface area contributed by atoms with E-state index in [2.05, 4.69) is 11.4 Å². The summed E-state index contributed by atoms with van der Waals surface area (Å²) >= 11 is 0. The Labute approximate surface area is 91.1 Å². The van der Waals surface area contributed by atoms with Crippen molar-refractivity contribution in [1.82, 2.24) is 5.32 Å². The fourth-order valence-electron chi connectivity index (χ4n) is 1.62. The van der Waals surface area contributed by atoms with E-state index >= 15 is 0 Å². The molecule has 0 aliphatic rings. The van der Waals surface area contributed by atoms with Crippen molar-refractivity contribution in [2.75, 3.05) is 20.7 Å². The van der Waals surface area contributed by atoms with Crippen LogP contribution in [0.2, 0.25) is 0 Å². The molecule has 3 nitrogen and oxygen atoms in total. The predicted octanol–water partition coefficient (Wildman–Crippen LogP) is 1.78. The normalized spacial score (nSPS) is 10.4. The van der Waals surface area contributed by atoms with E-state index in [-0.39, 0.29) is 5.75 Å². The zero-order valence-corrected chi connectivity index (χ0v) is 9.85. The second kappa shape index (κ2) is 5.03. The number of rotatable bonds is 4. The van der Waals surface area contributed by atoms with Crippen molar-refractivity contribution in [2.45, 2.75) is 20.3 Å². The molecule has 3 heteroatoms. The summed E-state index contributed by atoms with van der Waals surface area (Å²) in [6.45, 7) is 4.77. The zero-order valence-electron chi connectivity index (χ0n) is 9.85. The number of hydrogen-bond acceptors (Lipinski definition) is 3. The Morgan fingerprint density at radius 1 is 1.40 bits per heavy atom. The fourth-order valence-corrected chi connectivity index (χ4v) is 1.62. The largest absolute Gasteiger partial charge is 0.504 e. The van der Waals surface area contributed by atoms with Gasteiger partial charge in [-0.1, -0.05) is 6.07 Å². The number of aromatic hydroxyl groups is 1. The molecule has 0 radical (unpaired) electrons. The van der Waals surface area contributed by atoms with Gasteiger partial charge in [-0.05, 0) is 50.6 Å². The van der Waals surface area contributed by atoms with E-state index in [0.717, 1.165) is 29.7 Å². The van der Waals surface area contributed by atoms with Crippen LogP contribution in [-0.2, 0) is 6.42 Å². The summed E-state index contributed by atoms with van der Waals surface area (Å²) in [5.74, 6) is 0.872. The molecule has 0 aromatic heterocycles. The van der Waals surface area contributed by atoms with Crippen molar-refractivity contribution in [3.63, 3.8) is 0 Å². The summed E-state index contributed by atoms with van der Waals surface area (Å²) in [4.78, 5) is 0. The van der Waals surface area contributed by atoms with E-state index in [4.69, 9.17) is 4.74 Å². The lowest BCUT2D eigenvalue weighted by Crippen LogP contribution is -2.11. The number of likely N-dealkylation sites (N-methyl/N-ethyl adjacent to an activating group) is 1. The van der Waals surface area contributed by atoms with Gasteiger partial charge in [-0.15, -0.1) is 0 Å². The molecule has 0 saturated carbocycles. The Balaban J connectivity index is 3.13. The van der Waals surface area contributed by atoms with Gasteiger partial charge in [-0.25, -0.2) is 0 Å². The Bertz CT molecular complexity index is 348. The van der Waals surface area contributed by atoms with Crippen molar-refractivity contribution in [3.8, 4) is 11.5 Å². The highest BCUT2D eigenvalue weighted by Crippen LogP contribution is 2.35. The highest BCUT2D eigenvalue weighted by molar-refractivity contribution is 5.54. The molecule has 0 unspecified atom stereocenters. The third-order valence-electron chi connectivity index (χ3n) is 2.69. The molecular weight excluding hydrogens is 190 g/mol. The molecule has 84 valence electrons. The first kappa shape index (κ1) is 11.9. The van der Waals surface area contributed by atoms with Crippen LogP contribution in [0.1, 0.15) is 16.7 Å². The Kier molecular flexibility index (Phi) is 3.97. The third kappa shape index (κ3) is 2.42. The van der Waals surface area contributed by atoms with Gasteiger partial charge in [-0.3, -0.25) is 0 Å². The van der Waals surface area contributed by atoms with Gasteiger partial charge in [-0.2, -0.15) is 0 Å². The first-order valence-corrected chi connectivity index (χ1v) is 5.12. The monoisotopic (exact) mass is 209 g/mol. The lowest BCUT2D eigenvalue weighted by Gasteiger charge is -2.14. The number of hydrogen-bond donors (Lipinski definition) is 2. The first-order valence-electron chi connectivity index (χ1n) is 5.12. The second-order valence-corrected chi connectivity index (χ2v) is 3.71. The van der Waals surface area contributed by atoms with E-state index < -0.39 is 0 Å². The summed E-state index contributed by atoms with van der Waals surface area (Å²) in [6, 6.07) is 2.07. The van der Waals surface area contributed by atoms with Gasteiger partial charge in [0.2, 0.25) is 0 Å². The van der Waals surface area contributed by atoms with Gasteiger partial charge in [0.15, 0.2) is 11.5 Å².